The van der Waals surface area contributed by atoms with Crippen LogP contribution in [0.25, 0.3) is 0 Å². The SMILES string of the molecule is O=C(CSCc1c(F)cccc1Cl)NC1CCCCCC1. The first kappa shape index (κ1) is 16.6. The van der Waals surface area contributed by atoms with Gasteiger partial charge in [0.1, 0.15) is 5.82 Å². The van der Waals surface area contributed by atoms with Gasteiger partial charge >= 0.3 is 0 Å². The van der Waals surface area contributed by atoms with Crippen molar-refractivity contribution in [2.45, 2.75) is 50.3 Å². The molecule has 0 spiro atoms. The average molecular weight is 330 g/mol. The number of nitrogens with one attached hydrogen (secondary N) is 1. The van der Waals surface area contributed by atoms with E-state index < -0.39 is 0 Å². The van der Waals surface area contributed by atoms with Gasteiger partial charge in [-0.3, -0.25) is 4.79 Å². The van der Waals surface area contributed by atoms with Crippen molar-refractivity contribution in [3.05, 3.63) is 34.6 Å². The molecule has 2 rings (SSSR count). The fraction of sp³-hybridized carbons (Fsp3) is 0.562. The molecular weight excluding hydrogens is 309 g/mol. The van der Waals surface area contributed by atoms with Crippen LogP contribution in [0, 0.1) is 5.82 Å². The summed E-state index contributed by atoms with van der Waals surface area (Å²) in [4.78, 5) is 11.9. The second kappa shape index (κ2) is 8.64. The molecule has 1 aromatic carbocycles. The second-order valence-electron chi connectivity index (χ2n) is 5.45. The molecule has 0 aliphatic heterocycles. The fourth-order valence-electron chi connectivity index (χ4n) is 2.61. The van der Waals surface area contributed by atoms with E-state index in [-0.39, 0.29) is 11.7 Å². The van der Waals surface area contributed by atoms with Crippen LogP contribution >= 0.6 is 23.4 Å². The third-order valence-corrected chi connectivity index (χ3v) is 5.07. The number of thioether (sulfide) groups is 1. The van der Waals surface area contributed by atoms with Crippen LogP contribution in [0.15, 0.2) is 18.2 Å². The summed E-state index contributed by atoms with van der Waals surface area (Å²) >= 11 is 7.36. The predicted molar refractivity (Wildman–Crippen MR) is 87.2 cm³/mol. The van der Waals surface area contributed by atoms with Crippen LogP contribution in [0.3, 0.4) is 0 Å². The molecule has 116 valence electrons. The molecule has 1 aromatic rings. The Morgan fingerprint density at radius 1 is 1.29 bits per heavy atom. The summed E-state index contributed by atoms with van der Waals surface area (Å²) in [6.45, 7) is 0. The lowest BCUT2D eigenvalue weighted by atomic mass is 10.1. The van der Waals surface area contributed by atoms with E-state index in [4.69, 9.17) is 11.6 Å². The number of carbonyl (C=O) groups excluding carboxylic acids is 1. The standard InChI is InChI=1S/C16H21ClFNOS/c17-14-8-5-9-15(18)13(14)10-21-11-16(20)19-12-6-3-1-2-4-7-12/h5,8-9,12H,1-4,6-7,10-11H2,(H,19,20). The van der Waals surface area contributed by atoms with E-state index in [0.717, 1.165) is 12.8 Å². The first-order chi connectivity index (χ1) is 10.2. The van der Waals surface area contributed by atoms with Crippen LogP contribution < -0.4 is 5.32 Å². The number of hydrogen-bond acceptors (Lipinski definition) is 2. The molecule has 0 aromatic heterocycles. The molecule has 1 fully saturated rings. The van der Waals surface area contributed by atoms with Crippen molar-refractivity contribution in [2.75, 3.05) is 5.75 Å². The zero-order chi connectivity index (χ0) is 15.1. The summed E-state index contributed by atoms with van der Waals surface area (Å²) in [5.41, 5.74) is 0.478. The lowest BCUT2D eigenvalue weighted by Gasteiger charge is -2.16. The van der Waals surface area contributed by atoms with E-state index in [1.165, 1.54) is 43.5 Å². The summed E-state index contributed by atoms with van der Waals surface area (Å²) in [5, 5.41) is 3.51. The summed E-state index contributed by atoms with van der Waals surface area (Å²) < 4.78 is 13.6. The molecule has 1 aliphatic carbocycles. The lowest BCUT2D eigenvalue weighted by Crippen LogP contribution is -2.35. The van der Waals surface area contributed by atoms with Gasteiger partial charge in [-0.2, -0.15) is 0 Å². The Bertz CT molecular complexity index is 455. The Morgan fingerprint density at radius 2 is 2.00 bits per heavy atom. The molecule has 2 nitrogen and oxygen atoms in total. The van der Waals surface area contributed by atoms with E-state index >= 15 is 0 Å². The quantitative estimate of drug-likeness (QED) is 0.803. The zero-order valence-electron chi connectivity index (χ0n) is 12.0. The Balaban J connectivity index is 1.74. The Morgan fingerprint density at radius 3 is 2.67 bits per heavy atom. The molecule has 0 atom stereocenters. The monoisotopic (exact) mass is 329 g/mol. The van der Waals surface area contributed by atoms with Crippen molar-refractivity contribution in [1.82, 2.24) is 5.32 Å². The topological polar surface area (TPSA) is 29.1 Å². The first-order valence-electron chi connectivity index (χ1n) is 7.47. The third kappa shape index (κ3) is 5.51. The first-order valence-corrected chi connectivity index (χ1v) is 9.00. The van der Waals surface area contributed by atoms with Gasteiger partial charge < -0.3 is 5.32 Å². The summed E-state index contributed by atoms with van der Waals surface area (Å²) in [5.74, 6) is 0.503. The fourth-order valence-corrected chi connectivity index (χ4v) is 3.79. The number of rotatable bonds is 5. The lowest BCUT2D eigenvalue weighted by molar-refractivity contribution is -0.119. The van der Waals surface area contributed by atoms with Gasteiger partial charge in [0.25, 0.3) is 0 Å². The molecule has 1 saturated carbocycles. The van der Waals surface area contributed by atoms with Crippen LogP contribution in [0.5, 0.6) is 0 Å². The van der Waals surface area contributed by atoms with E-state index in [2.05, 4.69) is 5.32 Å². The minimum Gasteiger partial charge on any atom is -0.353 e. The molecule has 1 aliphatic rings. The Hall–Kier alpha value is -0.740. The number of benzene rings is 1. The molecule has 0 saturated heterocycles. The normalized spacial score (nSPS) is 16.5. The van der Waals surface area contributed by atoms with Crippen molar-refractivity contribution in [1.29, 1.82) is 0 Å². The average Bonchev–Trinajstić information content (AvgIpc) is 2.71. The molecule has 5 heteroatoms. The molecule has 0 radical (unpaired) electrons. The number of carbonyl (C=O) groups is 1. The maximum absolute atomic E-state index is 13.6. The van der Waals surface area contributed by atoms with Crippen molar-refractivity contribution in [2.24, 2.45) is 0 Å². The van der Waals surface area contributed by atoms with Gasteiger partial charge in [0.2, 0.25) is 5.91 Å². The smallest absolute Gasteiger partial charge is 0.230 e. The minimum atomic E-state index is -0.306. The van der Waals surface area contributed by atoms with Crippen LogP contribution in [0.1, 0.15) is 44.1 Å². The predicted octanol–water partition coefficient (Wildman–Crippen LogP) is 4.55. The zero-order valence-corrected chi connectivity index (χ0v) is 13.6. The molecule has 0 bridgehead atoms. The molecule has 0 heterocycles. The van der Waals surface area contributed by atoms with Crippen LogP contribution in [0.2, 0.25) is 5.02 Å². The molecule has 1 N–H and O–H groups in total. The highest BCUT2D eigenvalue weighted by molar-refractivity contribution is 7.99. The summed E-state index contributed by atoms with van der Waals surface area (Å²) in [7, 11) is 0. The van der Waals surface area contributed by atoms with Crippen LogP contribution in [-0.2, 0) is 10.5 Å². The van der Waals surface area contributed by atoms with Crippen molar-refractivity contribution >= 4 is 29.3 Å². The van der Waals surface area contributed by atoms with Crippen LogP contribution in [0.4, 0.5) is 4.39 Å². The number of halogens is 2. The molecular formula is C16H21ClFNOS. The second-order valence-corrected chi connectivity index (χ2v) is 6.84. The van der Waals surface area contributed by atoms with Gasteiger partial charge in [-0.1, -0.05) is 43.4 Å². The summed E-state index contributed by atoms with van der Waals surface area (Å²) in [6.07, 6.45) is 7.09. The minimum absolute atomic E-state index is 0.0411. The molecule has 21 heavy (non-hydrogen) atoms. The highest BCUT2D eigenvalue weighted by atomic mass is 35.5. The van der Waals surface area contributed by atoms with Gasteiger partial charge in [-0.05, 0) is 25.0 Å². The van der Waals surface area contributed by atoms with E-state index in [0.29, 0.717) is 28.1 Å². The van der Waals surface area contributed by atoms with Crippen molar-refractivity contribution in [3.8, 4) is 0 Å². The third-order valence-electron chi connectivity index (χ3n) is 3.76. The summed E-state index contributed by atoms with van der Waals surface area (Å²) in [6, 6.07) is 4.97. The van der Waals surface area contributed by atoms with Gasteiger partial charge in [0.15, 0.2) is 0 Å². The van der Waals surface area contributed by atoms with E-state index in [9.17, 15) is 9.18 Å². The molecule has 0 unspecified atom stereocenters. The number of hydrogen-bond donors (Lipinski definition) is 1. The van der Waals surface area contributed by atoms with E-state index in [1.807, 2.05) is 0 Å². The number of amides is 1. The largest absolute Gasteiger partial charge is 0.353 e. The van der Waals surface area contributed by atoms with Crippen LogP contribution in [-0.4, -0.2) is 17.7 Å². The molecule has 1 amide bonds. The van der Waals surface area contributed by atoms with Crippen molar-refractivity contribution < 1.29 is 9.18 Å². The highest BCUT2D eigenvalue weighted by Crippen LogP contribution is 2.24. The Labute approximate surface area is 134 Å². The van der Waals surface area contributed by atoms with Gasteiger partial charge in [-0.25, -0.2) is 4.39 Å². The van der Waals surface area contributed by atoms with Gasteiger partial charge in [-0.15, -0.1) is 11.8 Å². The Kier molecular flexibility index (Phi) is 6.84. The highest BCUT2D eigenvalue weighted by Gasteiger charge is 2.15. The van der Waals surface area contributed by atoms with Gasteiger partial charge in [0.05, 0.1) is 5.75 Å². The maximum Gasteiger partial charge on any atom is 0.230 e. The van der Waals surface area contributed by atoms with Gasteiger partial charge in [0, 0.05) is 22.4 Å². The van der Waals surface area contributed by atoms with Crippen molar-refractivity contribution in [3.63, 3.8) is 0 Å². The maximum atomic E-state index is 13.6. The van der Waals surface area contributed by atoms with E-state index in [1.54, 1.807) is 12.1 Å².